The second-order valence-electron chi connectivity index (χ2n) is 2.58. The Morgan fingerprint density at radius 1 is 1.42 bits per heavy atom. The van der Waals surface area contributed by atoms with Crippen LogP contribution < -0.4 is 0 Å². The van der Waals surface area contributed by atoms with Crippen molar-refractivity contribution in [2.75, 3.05) is 5.33 Å². The molecule has 0 heterocycles. The number of hydrogen-bond acceptors (Lipinski definition) is 1. The predicted octanol–water partition coefficient (Wildman–Crippen LogP) is 3.37. The SMILES string of the molecule is Oc1ccc(CCCBr)cc1Cl. The van der Waals surface area contributed by atoms with Crippen molar-refractivity contribution < 1.29 is 5.11 Å². The number of alkyl halides is 1. The van der Waals surface area contributed by atoms with Crippen LogP contribution in [0.2, 0.25) is 5.02 Å². The molecule has 0 aliphatic rings. The highest BCUT2D eigenvalue weighted by atomic mass is 79.9. The van der Waals surface area contributed by atoms with E-state index in [0.29, 0.717) is 5.02 Å². The second-order valence-corrected chi connectivity index (χ2v) is 3.78. The molecule has 12 heavy (non-hydrogen) atoms. The third kappa shape index (κ3) is 2.68. The van der Waals surface area contributed by atoms with Gasteiger partial charge in [-0.1, -0.05) is 33.6 Å². The molecule has 1 N–H and O–H groups in total. The highest BCUT2D eigenvalue weighted by molar-refractivity contribution is 9.09. The van der Waals surface area contributed by atoms with Crippen LogP contribution in [0, 0.1) is 0 Å². The molecule has 0 bridgehead atoms. The number of phenolic OH excluding ortho intramolecular Hbond substituents is 1. The third-order valence-corrected chi connectivity index (χ3v) is 2.47. The molecule has 0 atom stereocenters. The molecule has 1 nitrogen and oxygen atoms in total. The molecule has 3 heteroatoms. The lowest BCUT2D eigenvalue weighted by atomic mass is 10.1. The van der Waals surface area contributed by atoms with E-state index in [2.05, 4.69) is 15.9 Å². The van der Waals surface area contributed by atoms with Gasteiger partial charge in [0.05, 0.1) is 5.02 Å². The normalized spacial score (nSPS) is 10.2. The Kier molecular flexibility index (Phi) is 3.89. The Hall–Kier alpha value is -0.210. The van der Waals surface area contributed by atoms with Gasteiger partial charge in [-0.05, 0) is 30.5 Å². The van der Waals surface area contributed by atoms with Crippen LogP contribution in [0.25, 0.3) is 0 Å². The molecule has 1 aromatic rings. The van der Waals surface area contributed by atoms with E-state index in [4.69, 9.17) is 16.7 Å². The van der Waals surface area contributed by atoms with Crippen LogP contribution in [0.3, 0.4) is 0 Å². The van der Waals surface area contributed by atoms with Crippen molar-refractivity contribution in [2.24, 2.45) is 0 Å². The molecule has 0 unspecified atom stereocenters. The van der Waals surface area contributed by atoms with Crippen molar-refractivity contribution in [1.29, 1.82) is 0 Å². The summed E-state index contributed by atoms with van der Waals surface area (Å²) in [6.07, 6.45) is 2.08. The minimum atomic E-state index is 0.152. The fraction of sp³-hybridized carbons (Fsp3) is 0.333. The first-order chi connectivity index (χ1) is 5.74. The minimum Gasteiger partial charge on any atom is -0.506 e. The number of rotatable bonds is 3. The average Bonchev–Trinajstić information content (AvgIpc) is 2.07. The van der Waals surface area contributed by atoms with Crippen molar-refractivity contribution in [1.82, 2.24) is 0 Å². The van der Waals surface area contributed by atoms with Crippen LogP contribution in [-0.2, 0) is 6.42 Å². The molecule has 1 rings (SSSR count). The number of hydrogen-bond donors (Lipinski definition) is 1. The Morgan fingerprint density at radius 2 is 2.17 bits per heavy atom. The average molecular weight is 250 g/mol. The molecule has 0 fully saturated rings. The van der Waals surface area contributed by atoms with Crippen molar-refractivity contribution in [3.05, 3.63) is 28.8 Å². The summed E-state index contributed by atoms with van der Waals surface area (Å²) in [5.74, 6) is 0.152. The van der Waals surface area contributed by atoms with E-state index in [1.54, 1.807) is 12.1 Å². The topological polar surface area (TPSA) is 20.2 Å². The first-order valence-electron chi connectivity index (χ1n) is 3.77. The van der Waals surface area contributed by atoms with Gasteiger partial charge in [0.2, 0.25) is 0 Å². The van der Waals surface area contributed by atoms with Crippen molar-refractivity contribution >= 4 is 27.5 Å². The van der Waals surface area contributed by atoms with Crippen LogP contribution >= 0.6 is 27.5 Å². The van der Waals surface area contributed by atoms with E-state index in [0.717, 1.165) is 23.7 Å². The maximum absolute atomic E-state index is 9.13. The molecule has 1 aromatic carbocycles. The van der Waals surface area contributed by atoms with Crippen LogP contribution in [0.4, 0.5) is 0 Å². The van der Waals surface area contributed by atoms with Crippen LogP contribution in [0.1, 0.15) is 12.0 Å². The van der Waals surface area contributed by atoms with E-state index < -0.39 is 0 Å². The van der Waals surface area contributed by atoms with Crippen LogP contribution in [0.5, 0.6) is 5.75 Å². The predicted molar refractivity (Wildman–Crippen MR) is 55.2 cm³/mol. The number of benzene rings is 1. The van der Waals surface area contributed by atoms with Gasteiger partial charge in [-0.2, -0.15) is 0 Å². The smallest absolute Gasteiger partial charge is 0.134 e. The Balaban J connectivity index is 2.69. The summed E-state index contributed by atoms with van der Waals surface area (Å²) in [6.45, 7) is 0. The van der Waals surface area contributed by atoms with Gasteiger partial charge < -0.3 is 5.11 Å². The van der Waals surface area contributed by atoms with Gasteiger partial charge in [-0.3, -0.25) is 0 Å². The minimum absolute atomic E-state index is 0.152. The first kappa shape index (κ1) is 9.87. The molecular weight excluding hydrogens is 239 g/mol. The zero-order valence-corrected chi connectivity index (χ0v) is 8.90. The highest BCUT2D eigenvalue weighted by Gasteiger charge is 1.98. The Bertz CT molecular complexity index is 263. The highest BCUT2D eigenvalue weighted by Crippen LogP contribution is 2.24. The van der Waals surface area contributed by atoms with Crippen LogP contribution in [0.15, 0.2) is 18.2 Å². The number of halogens is 2. The van der Waals surface area contributed by atoms with Gasteiger partial charge in [0.15, 0.2) is 0 Å². The standard InChI is InChI=1S/C9H10BrClO/c10-5-1-2-7-3-4-9(12)8(11)6-7/h3-4,6,12H,1-2,5H2. The molecule has 66 valence electrons. The lowest BCUT2D eigenvalue weighted by Crippen LogP contribution is -1.85. The summed E-state index contributed by atoms with van der Waals surface area (Å²) in [4.78, 5) is 0. The maximum atomic E-state index is 9.13. The fourth-order valence-electron chi connectivity index (χ4n) is 0.977. The Labute approximate surface area is 85.5 Å². The van der Waals surface area contributed by atoms with E-state index >= 15 is 0 Å². The quantitative estimate of drug-likeness (QED) is 0.814. The van der Waals surface area contributed by atoms with Gasteiger partial charge in [0.1, 0.15) is 5.75 Å². The van der Waals surface area contributed by atoms with Crippen LogP contribution in [-0.4, -0.2) is 10.4 Å². The van der Waals surface area contributed by atoms with E-state index in [1.807, 2.05) is 6.07 Å². The zero-order valence-electron chi connectivity index (χ0n) is 6.56. The van der Waals surface area contributed by atoms with E-state index in [9.17, 15) is 0 Å². The fourth-order valence-corrected chi connectivity index (χ4v) is 1.46. The van der Waals surface area contributed by atoms with Gasteiger partial charge in [-0.15, -0.1) is 0 Å². The largest absolute Gasteiger partial charge is 0.506 e. The van der Waals surface area contributed by atoms with Gasteiger partial charge in [-0.25, -0.2) is 0 Å². The maximum Gasteiger partial charge on any atom is 0.134 e. The molecule has 0 aliphatic carbocycles. The van der Waals surface area contributed by atoms with E-state index in [-0.39, 0.29) is 5.75 Å². The summed E-state index contributed by atoms with van der Waals surface area (Å²) in [7, 11) is 0. The van der Waals surface area contributed by atoms with Gasteiger partial charge in [0.25, 0.3) is 0 Å². The third-order valence-electron chi connectivity index (χ3n) is 1.61. The Morgan fingerprint density at radius 3 is 2.75 bits per heavy atom. The van der Waals surface area contributed by atoms with Crippen molar-refractivity contribution in [3.63, 3.8) is 0 Å². The number of aromatic hydroxyl groups is 1. The van der Waals surface area contributed by atoms with Crippen molar-refractivity contribution in [2.45, 2.75) is 12.8 Å². The molecule has 0 saturated heterocycles. The van der Waals surface area contributed by atoms with E-state index in [1.165, 1.54) is 0 Å². The summed E-state index contributed by atoms with van der Waals surface area (Å²) in [5, 5.41) is 10.6. The molecule has 0 saturated carbocycles. The lowest BCUT2D eigenvalue weighted by molar-refractivity contribution is 0.475. The van der Waals surface area contributed by atoms with Crippen molar-refractivity contribution in [3.8, 4) is 5.75 Å². The van der Waals surface area contributed by atoms with Gasteiger partial charge >= 0.3 is 0 Å². The number of phenols is 1. The van der Waals surface area contributed by atoms with Gasteiger partial charge in [0, 0.05) is 5.33 Å². The lowest BCUT2D eigenvalue weighted by Gasteiger charge is -2.01. The first-order valence-corrected chi connectivity index (χ1v) is 5.27. The molecule has 0 aromatic heterocycles. The molecule has 0 radical (unpaired) electrons. The summed E-state index contributed by atoms with van der Waals surface area (Å²) in [6, 6.07) is 5.33. The summed E-state index contributed by atoms with van der Waals surface area (Å²) < 4.78 is 0. The molecule has 0 aliphatic heterocycles. The molecule has 0 spiro atoms. The monoisotopic (exact) mass is 248 g/mol. The molecule has 0 amide bonds. The number of aryl methyl sites for hydroxylation is 1. The molecular formula is C9H10BrClO. The second kappa shape index (κ2) is 4.73. The summed E-state index contributed by atoms with van der Waals surface area (Å²) in [5.41, 5.74) is 1.16. The zero-order chi connectivity index (χ0) is 8.97. The summed E-state index contributed by atoms with van der Waals surface area (Å²) >= 11 is 9.09.